The summed E-state index contributed by atoms with van der Waals surface area (Å²) in [6.45, 7) is 39.0. The average molecular weight is 1740 g/mol. The Bertz CT molecular complexity index is 3740. The zero-order valence-corrected chi connectivity index (χ0v) is 77.9. The number of terminal acetylenes is 1. The second-order valence-corrected chi connectivity index (χ2v) is 47.7. The Labute approximate surface area is 711 Å². The molecule has 38 heteroatoms. The van der Waals surface area contributed by atoms with Gasteiger partial charge in [-0.1, -0.05) is 82.9 Å². The number of amides is 8. The molecule has 0 aliphatic carbocycles. The van der Waals surface area contributed by atoms with E-state index in [2.05, 4.69) is 146 Å². The van der Waals surface area contributed by atoms with Crippen LogP contribution in [-0.4, -0.2) is 305 Å². The fourth-order valence-corrected chi connectivity index (χ4v) is 16.4. The van der Waals surface area contributed by atoms with Crippen LogP contribution in [0.4, 0.5) is 24.0 Å². The van der Waals surface area contributed by atoms with Gasteiger partial charge >= 0.3 is 66.3 Å². The van der Waals surface area contributed by atoms with Crippen molar-refractivity contribution in [3.05, 3.63) is 25.3 Å². The van der Waals surface area contributed by atoms with Crippen LogP contribution < -0.4 is 10.6 Å². The molecule has 0 spiro atoms. The first-order valence-electron chi connectivity index (χ1n) is 39.6. The first kappa shape index (κ1) is 108. The molecule has 120 heavy (non-hydrogen) atoms. The number of esters is 6. The molecule has 672 valence electrons. The van der Waals surface area contributed by atoms with E-state index in [1.54, 1.807) is 58.6 Å². The molecule has 6 unspecified atom stereocenters. The molecular weight excluding hydrogens is 1610 g/mol. The van der Waals surface area contributed by atoms with Crippen LogP contribution >= 0.6 is 0 Å². The standard InChI is InChI=1S/C17H25N3O3.C13H21NO4Si.C13H21NO4.C9H15NO5.C8H11NO5.C8H11NO2.C8H18Si2.C6H9NO3/c1-5-12-8-9-14(20(12)16(22)23-17(2,3)4)15(21)19-10-6-7-13(19)11-18;1-17-12(15)11-7-6-10(8-9-19(3,4)5)14(11)13(16)18-2;1-6-9-7-8-10(11(15)17-5)14(9)12(16)18-13(2,3)4;1-13-7-5-4-6(8(11)14-2)10(7)9(12)15-3;1-13-7(11)5-3-4-6(10)9(5)8(12)14-2;1-3-6-4-5-7(9-6)8(10)11-2;1-9(2,3)7-8-10(4,5)6;1-10-6(9)4-2-3-5(8)7-4/h5,12-14H,1,6-10H2,2-4H3;10-11H,6-7H2,1-5H3;6,9-10H,1,7-8H2,2-5H3;6-7H,4-5H2,1-3H3;5H,3-4H2,1-2H3;1,6-7,9H,4-5H2,2H3;1-6H3;4H,2-3H2,1H3,(H,7,8)/t12?,13?,14-;10?,11-;9?,10-;6-,7?;5-;6?,7-;;4-/m000000.0/s1. The van der Waals surface area contributed by atoms with Crippen LogP contribution in [0.3, 0.4) is 0 Å². The number of methoxy groups -OCH3 is 10. The Morgan fingerprint density at radius 3 is 1.27 bits per heavy atom. The number of likely N-dealkylation sites (tertiary alicyclic amines) is 6. The molecule has 0 saturated carbocycles. The van der Waals surface area contributed by atoms with Gasteiger partial charge in [0.2, 0.25) is 17.7 Å². The summed E-state index contributed by atoms with van der Waals surface area (Å²) in [6.07, 6.45) is 14.7. The third-order valence-corrected chi connectivity index (χ3v) is 21.5. The van der Waals surface area contributed by atoms with Gasteiger partial charge in [-0.3, -0.25) is 44.1 Å². The highest BCUT2D eigenvalue weighted by Gasteiger charge is 2.48. The van der Waals surface area contributed by atoms with Crippen molar-refractivity contribution in [2.45, 2.75) is 293 Å². The van der Waals surface area contributed by atoms with Gasteiger partial charge in [-0.2, -0.15) is 5.26 Å². The summed E-state index contributed by atoms with van der Waals surface area (Å²) < 4.78 is 57.1. The minimum Gasteiger partial charge on any atom is -0.468 e. The van der Waals surface area contributed by atoms with E-state index in [4.69, 9.17) is 34.8 Å². The van der Waals surface area contributed by atoms with Crippen LogP contribution in [0, 0.1) is 46.2 Å². The van der Waals surface area contributed by atoms with Gasteiger partial charge in [-0.15, -0.1) is 36.2 Å². The lowest BCUT2D eigenvalue weighted by Crippen LogP contribution is -2.52. The highest BCUT2D eigenvalue weighted by atomic mass is 28.3. The number of nitrogens with zero attached hydrogens (tertiary/aromatic N) is 7. The van der Waals surface area contributed by atoms with Crippen molar-refractivity contribution in [3.8, 4) is 41.0 Å². The smallest absolute Gasteiger partial charge is 0.417 e. The fraction of sp³-hybridized carbons (Fsp3) is 0.695. The number of imide groups is 1. The van der Waals surface area contributed by atoms with E-state index in [0.717, 1.165) is 31.3 Å². The molecule has 13 atom stereocenters. The summed E-state index contributed by atoms with van der Waals surface area (Å²) in [6, 6.07) is -2.58. The number of carbonyl (C=O) groups excluding carboxylic acids is 14. The summed E-state index contributed by atoms with van der Waals surface area (Å²) in [5.41, 5.74) is 8.85. The molecule has 8 heterocycles. The molecule has 8 aliphatic rings. The van der Waals surface area contributed by atoms with E-state index in [1.165, 1.54) is 83.6 Å². The summed E-state index contributed by atoms with van der Waals surface area (Å²) in [5, 5.41) is 14.7. The van der Waals surface area contributed by atoms with Crippen molar-refractivity contribution in [2.75, 3.05) is 77.6 Å². The van der Waals surface area contributed by atoms with Crippen molar-refractivity contribution in [3.63, 3.8) is 0 Å². The second-order valence-electron chi connectivity index (χ2n) is 33.4. The van der Waals surface area contributed by atoms with E-state index in [-0.39, 0.29) is 66.4 Å². The first-order valence-corrected chi connectivity index (χ1v) is 50.1. The van der Waals surface area contributed by atoms with Gasteiger partial charge in [0.25, 0.3) is 0 Å². The van der Waals surface area contributed by atoms with Gasteiger partial charge in [-0.25, -0.2) is 52.8 Å². The molecule has 0 aromatic carbocycles. The SMILES string of the molecule is C#CC1CC[C@@H](C(=O)OC)N1.C=CC1CC[C@@H](C(=O)N2CCCC2C#N)N1C(=O)OC(C)(C)C.C=CC1CC[C@@H](C(=O)OC)N1C(=O)OC(C)(C)C.COC(=O)[C@@H]1CCC(=O)N1.COC(=O)[C@@H]1CCC(=O)N1C(=O)OC.COC(=O)[C@@H]1CCC(C#C[Si](C)(C)C)N1C(=O)OC.COC(=O)[C@@H]1CCC(OC)N1C(=O)OC.C[Si](C)(C)C#C[Si](C)(C)C. The van der Waals surface area contributed by atoms with E-state index in [0.29, 0.717) is 83.6 Å². The largest absolute Gasteiger partial charge is 0.468 e. The minimum atomic E-state index is -1.51. The highest BCUT2D eigenvalue weighted by molar-refractivity contribution is 6.89. The fourth-order valence-electron chi connectivity index (χ4n) is 12.8. The Kier molecular flexibility index (Phi) is 45.8. The number of hydrogen-bond acceptors (Lipinski definition) is 28. The molecule has 0 aromatic heterocycles. The Balaban J connectivity index is 0.000000696. The molecular formula is C82H131N9O26Si3. The molecule has 0 bridgehead atoms. The predicted octanol–water partition coefficient (Wildman–Crippen LogP) is 8.58. The quantitative estimate of drug-likeness (QED) is 0.0679. The molecule has 2 N–H and O–H groups in total. The van der Waals surface area contributed by atoms with E-state index in [9.17, 15) is 72.4 Å². The first-order chi connectivity index (χ1) is 55.9. The maximum Gasteiger partial charge on any atom is 0.417 e. The molecule has 8 saturated heterocycles. The minimum absolute atomic E-state index is 0.0408. The van der Waals surface area contributed by atoms with E-state index >= 15 is 0 Å². The Hall–Kier alpha value is -10.00. The van der Waals surface area contributed by atoms with Gasteiger partial charge in [0.15, 0.2) is 0 Å². The van der Waals surface area contributed by atoms with Gasteiger partial charge in [0.05, 0.1) is 94.2 Å². The monoisotopic (exact) mass is 1740 g/mol. The van der Waals surface area contributed by atoms with Crippen molar-refractivity contribution in [2.24, 2.45) is 0 Å². The van der Waals surface area contributed by atoms with E-state index < -0.39 is 138 Å². The molecule has 0 radical (unpaired) electrons. The Morgan fingerprint density at radius 1 is 0.450 bits per heavy atom. The average Bonchev–Trinajstić information content (AvgIpc) is 1.64. The summed E-state index contributed by atoms with van der Waals surface area (Å²) >= 11 is 0. The maximum absolute atomic E-state index is 12.8. The van der Waals surface area contributed by atoms with Crippen LogP contribution in [0.15, 0.2) is 25.3 Å². The Morgan fingerprint density at radius 2 is 0.867 bits per heavy atom. The topological polar surface area (TPSA) is 417 Å². The van der Waals surface area contributed by atoms with Gasteiger partial charge in [-0.05, 0) is 131 Å². The molecule has 8 rings (SSSR count). The summed E-state index contributed by atoms with van der Waals surface area (Å²) in [4.78, 5) is 169. The third kappa shape index (κ3) is 35.7. The lowest BCUT2D eigenvalue weighted by molar-refractivity contribution is -0.148. The molecule has 8 fully saturated rings. The molecule has 0 aromatic rings. The number of rotatable bonds is 10. The number of ether oxygens (including phenoxy) is 12. The normalized spacial score (nSPS) is 23.7. The maximum atomic E-state index is 12.8. The zero-order valence-electron chi connectivity index (χ0n) is 74.9. The van der Waals surface area contributed by atoms with Crippen molar-refractivity contribution in [1.29, 1.82) is 5.26 Å². The van der Waals surface area contributed by atoms with Crippen LogP contribution in [0.25, 0.3) is 0 Å². The number of nitriles is 1. The number of hydrogen-bond donors (Lipinski definition) is 2. The van der Waals surface area contributed by atoms with Crippen LogP contribution in [0.2, 0.25) is 58.9 Å². The molecule has 35 nitrogen and oxygen atoms in total. The summed E-state index contributed by atoms with van der Waals surface area (Å²) in [7, 11) is 9.34. The van der Waals surface area contributed by atoms with Crippen molar-refractivity contribution >= 4 is 108 Å². The lowest BCUT2D eigenvalue weighted by atomic mass is 10.1. The second kappa shape index (κ2) is 50.9. The van der Waals surface area contributed by atoms with Crippen molar-refractivity contribution < 1.29 is 124 Å². The highest BCUT2D eigenvalue weighted by Crippen LogP contribution is 2.33. The molecule has 8 aliphatic heterocycles. The van der Waals surface area contributed by atoms with Gasteiger partial charge in [0, 0.05) is 26.5 Å². The number of nitrogens with one attached hydrogen (secondary N) is 2. The van der Waals surface area contributed by atoms with Crippen molar-refractivity contribution in [1.82, 2.24) is 40.0 Å². The van der Waals surface area contributed by atoms with Crippen LogP contribution in [0.5, 0.6) is 0 Å². The van der Waals surface area contributed by atoms with Crippen LogP contribution in [0.1, 0.15) is 144 Å². The van der Waals surface area contributed by atoms with E-state index in [1.807, 2.05) is 0 Å². The van der Waals surface area contributed by atoms with Crippen LogP contribution in [-0.2, 0) is 100.0 Å². The van der Waals surface area contributed by atoms with Gasteiger partial charge in [0.1, 0.15) is 90.0 Å². The molecule has 8 amide bonds. The third-order valence-electron chi connectivity index (χ3n) is 18.6. The van der Waals surface area contributed by atoms with Gasteiger partial charge < -0.3 is 67.1 Å². The zero-order chi connectivity index (χ0) is 92.1. The lowest BCUT2D eigenvalue weighted by Gasteiger charge is -2.33. The number of carbonyl (C=O) groups is 14. The summed E-state index contributed by atoms with van der Waals surface area (Å²) in [5.74, 6) is 2.60. The predicted molar refractivity (Wildman–Crippen MR) is 450 cm³/mol.